The van der Waals surface area contributed by atoms with Crippen molar-refractivity contribution in [2.45, 2.75) is 59.1 Å². The van der Waals surface area contributed by atoms with Crippen molar-refractivity contribution in [3.05, 3.63) is 0 Å². The molecular weight excluding hydrogens is 219 g/mol. The van der Waals surface area contributed by atoms with E-state index in [1.165, 1.54) is 6.42 Å². The van der Waals surface area contributed by atoms with Gasteiger partial charge in [0.15, 0.2) is 14.0 Å². The van der Waals surface area contributed by atoms with Gasteiger partial charge in [-0.3, -0.25) is 9.59 Å². The van der Waals surface area contributed by atoms with Crippen molar-refractivity contribution in [3.63, 3.8) is 0 Å². The SMILES string of the molecule is [B]C(OC=O)OC(=O)C(C)(C)CCCCCC. The highest BCUT2D eigenvalue weighted by Crippen LogP contribution is 2.26. The zero-order valence-electron chi connectivity index (χ0n) is 10.9. The third-order valence-electron chi connectivity index (χ3n) is 2.62. The van der Waals surface area contributed by atoms with E-state index in [9.17, 15) is 9.59 Å². The molecular formula is C12H21BO4. The number of unbranched alkanes of at least 4 members (excludes halogenated alkanes) is 3. The van der Waals surface area contributed by atoms with Gasteiger partial charge in [-0.05, 0) is 20.3 Å². The van der Waals surface area contributed by atoms with Crippen LogP contribution in [0.25, 0.3) is 0 Å². The normalized spacial score (nSPS) is 12.9. The van der Waals surface area contributed by atoms with Crippen molar-refractivity contribution >= 4 is 20.3 Å². The van der Waals surface area contributed by atoms with E-state index in [1.54, 1.807) is 13.8 Å². The number of hydrogen-bond donors (Lipinski definition) is 0. The number of ether oxygens (including phenoxy) is 2. The quantitative estimate of drug-likeness (QED) is 0.204. The van der Waals surface area contributed by atoms with Crippen molar-refractivity contribution < 1.29 is 19.1 Å². The average Bonchev–Trinajstić information content (AvgIpc) is 2.24. The Bertz CT molecular complexity index is 241. The Morgan fingerprint density at radius 2 is 2.00 bits per heavy atom. The Kier molecular flexibility index (Phi) is 7.67. The van der Waals surface area contributed by atoms with Crippen LogP contribution in [0.15, 0.2) is 0 Å². The molecule has 0 aliphatic heterocycles. The molecule has 17 heavy (non-hydrogen) atoms. The van der Waals surface area contributed by atoms with E-state index in [0.29, 0.717) is 0 Å². The fraction of sp³-hybridized carbons (Fsp3) is 0.833. The zero-order chi connectivity index (χ0) is 13.3. The van der Waals surface area contributed by atoms with Crippen LogP contribution < -0.4 is 0 Å². The smallest absolute Gasteiger partial charge is 0.313 e. The Hall–Kier alpha value is -0.995. The molecule has 2 radical (unpaired) electrons. The lowest BCUT2D eigenvalue weighted by molar-refractivity contribution is -0.175. The predicted octanol–water partition coefficient (Wildman–Crippen LogP) is 2.15. The topological polar surface area (TPSA) is 52.6 Å². The van der Waals surface area contributed by atoms with Gasteiger partial charge in [0.05, 0.1) is 5.41 Å². The van der Waals surface area contributed by atoms with Crippen molar-refractivity contribution in [2.75, 3.05) is 0 Å². The number of esters is 1. The first-order valence-electron chi connectivity index (χ1n) is 6.00. The van der Waals surface area contributed by atoms with Crippen molar-refractivity contribution in [1.29, 1.82) is 0 Å². The number of hydrogen-bond acceptors (Lipinski definition) is 4. The molecule has 0 aromatic heterocycles. The zero-order valence-corrected chi connectivity index (χ0v) is 10.9. The maximum Gasteiger partial charge on any atom is 0.313 e. The second kappa shape index (κ2) is 8.15. The predicted molar refractivity (Wildman–Crippen MR) is 65.3 cm³/mol. The van der Waals surface area contributed by atoms with Crippen LogP contribution in [0.1, 0.15) is 52.9 Å². The van der Waals surface area contributed by atoms with Crippen LogP contribution in [-0.2, 0) is 19.1 Å². The Labute approximate surface area is 104 Å². The molecule has 0 aliphatic carbocycles. The molecule has 0 aromatic rings. The molecule has 0 fully saturated rings. The molecule has 0 aromatic carbocycles. The van der Waals surface area contributed by atoms with Crippen LogP contribution in [0, 0.1) is 5.41 Å². The monoisotopic (exact) mass is 240 g/mol. The highest BCUT2D eigenvalue weighted by molar-refractivity contribution is 6.11. The number of carbonyl (C=O) groups excluding carboxylic acids is 2. The van der Waals surface area contributed by atoms with Gasteiger partial charge in [0.1, 0.15) is 0 Å². The molecule has 0 spiro atoms. The third kappa shape index (κ3) is 7.03. The van der Waals surface area contributed by atoms with Crippen LogP contribution in [-0.4, -0.2) is 26.5 Å². The summed E-state index contributed by atoms with van der Waals surface area (Å²) in [5.74, 6) is -0.441. The molecule has 96 valence electrons. The summed E-state index contributed by atoms with van der Waals surface area (Å²) >= 11 is 0. The van der Waals surface area contributed by atoms with Crippen molar-refractivity contribution in [3.8, 4) is 0 Å². The van der Waals surface area contributed by atoms with Crippen molar-refractivity contribution in [2.24, 2.45) is 5.41 Å². The lowest BCUT2D eigenvalue weighted by Gasteiger charge is -2.24. The Morgan fingerprint density at radius 1 is 1.35 bits per heavy atom. The lowest BCUT2D eigenvalue weighted by Crippen LogP contribution is -2.32. The molecule has 0 rings (SSSR count). The van der Waals surface area contributed by atoms with Crippen LogP contribution in [0.5, 0.6) is 0 Å². The van der Waals surface area contributed by atoms with Gasteiger partial charge in [-0.15, -0.1) is 0 Å². The van der Waals surface area contributed by atoms with Crippen LogP contribution in [0.4, 0.5) is 0 Å². The van der Waals surface area contributed by atoms with Gasteiger partial charge in [-0.1, -0.05) is 32.6 Å². The number of rotatable bonds is 9. The average molecular weight is 240 g/mol. The van der Waals surface area contributed by atoms with Gasteiger partial charge in [-0.2, -0.15) is 0 Å². The molecule has 5 heteroatoms. The minimum Gasteiger partial charge on any atom is -0.438 e. The minimum absolute atomic E-state index is 0.159. The van der Waals surface area contributed by atoms with Crippen LogP contribution in [0.2, 0.25) is 0 Å². The summed E-state index contributed by atoms with van der Waals surface area (Å²) < 4.78 is 9.10. The first-order valence-corrected chi connectivity index (χ1v) is 6.00. The second-order valence-corrected chi connectivity index (χ2v) is 4.70. The molecule has 0 saturated carbocycles. The van der Waals surface area contributed by atoms with E-state index in [2.05, 4.69) is 11.7 Å². The standard InChI is InChI=1S/C12H21BO4/c1-4-5-6-7-8-12(2,3)10(15)17-11(13)16-9-14/h9,11H,4-8H2,1-3H3. The highest BCUT2D eigenvalue weighted by Gasteiger charge is 2.30. The summed E-state index contributed by atoms with van der Waals surface area (Å²) in [6.07, 6.45) is 3.82. The molecule has 0 saturated heterocycles. The summed E-state index contributed by atoms with van der Waals surface area (Å²) in [5.41, 5.74) is -0.600. The van der Waals surface area contributed by atoms with E-state index in [0.717, 1.165) is 25.7 Å². The Morgan fingerprint density at radius 3 is 2.53 bits per heavy atom. The number of carbonyl (C=O) groups is 2. The molecule has 0 bridgehead atoms. The third-order valence-corrected chi connectivity index (χ3v) is 2.62. The van der Waals surface area contributed by atoms with Crippen molar-refractivity contribution in [1.82, 2.24) is 0 Å². The van der Waals surface area contributed by atoms with Gasteiger partial charge in [0.25, 0.3) is 6.47 Å². The largest absolute Gasteiger partial charge is 0.438 e. The summed E-state index contributed by atoms with van der Waals surface area (Å²) in [6.45, 7) is 5.89. The molecule has 0 amide bonds. The highest BCUT2D eigenvalue weighted by atomic mass is 16.7. The molecule has 4 nitrogen and oxygen atoms in total. The fourth-order valence-corrected chi connectivity index (χ4v) is 1.44. The Balaban J connectivity index is 4.01. The van der Waals surface area contributed by atoms with Gasteiger partial charge in [0.2, 0.25) is 0 Å². The fourth-order valence-electron chi connectivity index (χ4n) is 1.44. The summed E-state index contributed by atoms with van der Waals surface area (Å²) in [5, 5.41) is 0. The second-order valence-electron chi connectivity index (χ2n) is 4.70. The first-order chi connectivity index (χ1) is 7.94. The van der Waals surface area contributed by atoms with Gasteiger partial charge in [0, 0.05) is 0 Å². The summed E-state index contributed by atoms with van der Waals surface area (Å²) in [7, 11) is 5.26. The summed E-state index contributed by atoms with van der Waals surface area (Å²) in [4.78, 5) is 21.7. The molecule has 1 unspecified atom stereocenters. The first kappa shape index (κ1) is 16.0. The lowest BCUT2D eigenvalue weighted by atomic mass is 9.87. The van der Waals surface area contributed by atoms with Crippen LogP contribution >= 0.6 is 0 Å². The van der Waals surface area contributed by atoms with Gasteiger partial charge < -0.3 is 9.47 Å². The minimum atomic E-state index is -1.31. The van der Waals surface area contributed by atoms with E-state index < -0.39 is 17.6 Å². The summed E-state index contributed by atoms with van der Waals surface area (Å²) in [6, 6.07) is 0. The van der Waals surface area contributed by atoms with Gasteiger partial charge >= 0.3 is 5.97 Å². The van der Waals surface area contributed by atoms with E-state index in [4.69, 9.17) is 12.6 Å². The maximum atomic E-state index is 11.7. The van der Waals surface area contributed by atoms with E-state index >= 15 is 0 Å². The van der Waals surface area contributed by atoms with E-state index in [-0.39, 0.29) is 6.47 Å². The van der Waals surface area contributed by atoms with Crippen LogP contribution in [0.3, 0.4) is 0 Å². The molecule has 0 aliphatic rings. The van der Waals surface area contributed by atoms with Gasteiger partial charge in [-0.25, -0.2) is 0 Å². The maximum absolute atomic E-state index is 11.7. The molecule has 1 atom stereocenters. The van der Waals surface area contributed by atoms with E-state index in [1.807, 2.05) is 0 Å². The molecule has 0 N–H and O–H groups in total. The molecule has 0 heterocycles.